The molecule has 2 aromatic carbocycles. The minimum atomic E-state index is -4.45. The van der Waals surface area contributed by atoms with Gasteiger partial charge in [0, 0.05) is 47.8 Å². The maximum absolute atomic E-state index is 13.3. The highest BCUT2D eigenvalue weighted by molar-refractivity contribution is 7.59. The summed E-state index contributed by atoms with van der Waals surface area (Å²) >= 11 is 0. The van der Waals surface area contributed by atoms with Crippen molar-refractivity contribution in [1.82, 2.24) is 19.6 Å². The summed E-state index contributed by atoms with van der Waals surface area (Å²) in [6.07, 6.45) is -6.11. The molecular formula is C34H40B2F6N6O6S2. The second-order valence-electron chi connectivity index (χ2n) is 14.4. The van der Waals surface area contributed by atoms with Gasteiger partial charge in [-0.1, -0.05) is 0 Å². The SMILES string of the molecule is C[C@H]1CN(c2ccc(C(F)(F)F)cc2)C(=O)c2c(B(O)O)cnn21.C[C@H]1CN(c2ccc(C(F)(F)F)cc2)C(=O)c2c(B3OC(C)(C)C(C)(C)O3)cnn21.S.S. The first-order valence-electron chi connectivity index (χ1n) is 16.9. The topological polar surface area (TPSA) is 135 Å². The predicted molar refractivity (Wildman–Crippen MR) is 206 cm³/mol. The van der Waals surface area contributed by atoms with Crippen LogP contribution in [0.1, 0.15) is 85.7 Å². The Hall–Kier alpha value is -3.95. The number of rotatable bonds is 4. The van der Waals surface area contributed by atoms with Gasteiger partial charge in [-0.15, -0.1) is 0 Å². The first-order valence-corrected chi connectivity index (χ1v) is 16.9. The van der Waals surface area contributed by atoms with Gasteiger partial charge in [-0.25, -0.2) is 0 Å². The molecule has 0 aliphatic carbocycles. The number of amides is 2. The van der Waals surface area contributed by atoms with E-state index >= 15 is 0 Å². The summed E-state index contributed by atoms with van der Waals surface area (Å²) in [5, 5.41) is 27.1. The van der Waals surface area contributed by atoms with Gasteiger partial charge in [-0.3, -0.25) is 19.0 Å². The van der Waals surface area contributed by atoms with Crippen LogP contribution in [0.15, 0.2) is 60.9 Å². The summed E-state index contributed by atoms with van der Waals surface area (Å²) < 4.78 is 91.8. The maximum atomic E-state index is 13.3. The third-order valence-electron chi connectivity index (χ3n) is 10.1. The van der Waals surface area contributed by atoms with Crippen LogP contribution < -0.4 is 20.7 Å². The number of alkyl halides is 6. The van der Waals surface area contributed by atoms with Gasteiger partial charge >= 0.3 is 26.6 Å². The number of anilines is 2. The second-order valence-corrected chi connectivity index (χ2v) is 14.4. The minimum Gasteiger partial charge on any atom is -0.423 e. The van der Waals surface area contributed by atoms with Gasteiger partial charge in [0.05, 0.1) is 34.4 Å². The van der Waals surface area contributed by atoms with E-state index in [9.17, 15) is 46.0 Å². The Kier molecular flexibility index (Phi) is 12.6. The molecule has 1 saturated heterocycles. The van der Waals surface area contributed by atoms with Crippen LogP contribution in [0.3, 0.4) is 0 Å². The van der Waals surface area contributed by atoms with Crippen LogP contribution in [0.5, 0.6) is 0 Å². The fourth-order valence-electron chi connectivity index (χ4n) is 6.40. The van der Waals surface area contributed by atoms with Crippen molar-refractivity contribution >= 4 is 75.3 Å². The zero-order valence-corrected chi connectivity index (χ0v) is 33.0. The number of hydrogen-bond acceptors (Lipinski definition) is 8. The molecular weight excluding hydrogens is 788 g/mol. The lowest BCUT2D eigenvalue weighted by molar-refractivity contribution is -0.138. The molecule has 22 heteroatoms. The first-order chi connectivity index (χ1) is 25.0. The van der Waals surface area contributed by atoms with E-state index in [2.05, 4.69) is 10.2 Å². The van der Waals surface area contributed by atoms with E-state index in [1.807, 2.05) is 34.6 Å². The highest BCUT2D eigenvalue weighted by Gasteiger charge is 2.54. The number of halogens is 6. The fourth-order valence-corrected chi connectivity index (χ4v) is 6.40. The number of benzene rings is 2. The monoisotopic (exact) mass is 828 g/mol. The van der Waals surface area contributed by atoms with Crippen molar-refractivity contribution in [3.63, 3.8) is 0 Å². The largest absolute Gasteiger partial charge is 0.498 e. The standard InChI is InChI=1S/C20H23BF3N3O3.C14H13BF3N3O3.2H2S/c1-12-11-26(14-8-6-13(7-9-14)20(22,23)24)17(28)16-15(10-25-27(12)16)21-29-18(2,3)19(4,5)30-21;1-8-7-20(10-4-2-9(3-5-10)14(16,17)18)13(22)12-11(15(23)24)6-19-21(8)12;;/h6-10,12H,11H2,1-5H3;2-6,8,23-24H,7H2,1H3;2*1H2/t12-;8-;;/m00../s1. The number of carbonyl (C=O) groups excluding carboxylic acids is 2. The van der Waals surface area contributed by atoms with Crippen molar-refractivity contribution < 1.29 is 55.3 Å². The van der Waals surface area contributed by atoms with Crippen LogP contribution in [0.2, 0.25) is 0 Å². The highest BCUT2D eigenvalue weighted by Crippen LogP contribution is 2.38. The number of nitrogens with zero attached hydrogens (tertiary/aromatic N) is 6. The van der Waals surface area contributed by atoms with E-state index in [0.717, 1.165) is 24.3 Å². The normalized spacial score (nSPS) is 20.0. The molecule has 2 aromatic heterocycles. The predicted octanol–water partition coefficient (Wildman–Crippen LogP) is 4.45. The summed E-state index contributed by atoms with van der Waals surface area (Å²) in [4.78, 5) is 28.8. The van der Waals surface area contributed by atoms with Crippen molar-refractivity contribution in [2.24, 2.45) is 0 Å². The van der Waals surface area contributed by atoms with Crippen LogP contribution in [0.25, 0.3) is 0 Å². The van der Waals surface area contributed by atoms with E-state index in [1.165, 1.54) is 44.9 Å². The Morgan fingerprint density at radius 1 is 0.696 bits per heavy atom. The zero-order chi connectivity index (χ0) is 39.7. The molecule has 12 nitrogen and oxygen atoms in total. The van der Waals surface area contributed by atoms with Crippen LogP contribution in [0, 0.1) is 0 Å². The maximum Gasteiger partial charge on any atom is 0.498 e. The molecule has 2 amide bonds. The Morgan fingerprint density at radius 2 is 1.07 bits per heavy atom. The summed E-state index contributed by atoms with van der Waals surface area (Å²) in [5.41, 5.74) is -1.21. The van der Waals surface area contributed by atoms with Gasteiger partial charge in [0.15, 0.2) is 0 Å². The zero-order valence-electron chi connectivity index (χ0n) is 31.0. The van der Waals surface area contributed by atoms with Crippen molar-refractivity contribution in [2.45, 2.75) is 77.2 Å². The molecule has 3 aliphatic rings. The van der Waals surface area contributed by atoms with Gasteiger partial charge in [0.2, 0.25) is 0 Å². The molecule has 56 heavy (non-hydrogen) atoms. The number of carbonyl (C=O) groups is 2. The first kappa shape index (κ1) is 44.8. The lowest BCUT2D eigenvalue weighted by Gasteiger charge is -2.32. The molecule has 0 spiro atoms. The van der Waals surface area contributed by atoms with E-state index in [0.29, 0.717) is 29.1 Å². The summed E-state index contributed by atoms with van der Waals surface area (Å²) in [6.45, 7) is 11.8. The third kappa shape index (κ3) is 8.22. The number of hydrogen-bond donors (Lipinski definition) is 2. The minimum absolute atomic E-state index is 0. The fraction of sp³-hybridized carbons (Fsp3) is 0.412. The van der Waals surface area contributed by atoms with Crippen LogP contribution in [0.4, 0.5) is 37.7 Å². The molecule has 0 unspecified atom stereocenters. The van der Waals surface area contributed by atoms with E-state index in [-0.39, 0.29) is 62.7 Å². The average molecular weight is 828 g/mol. The molecule has 0 radical (unpaired) electrons. The van der Waals surface area contributed by atoms with Gasteiger partial charge in [0.1, 0.15) is 11.4 Å². The van der Waals surface area contributed by atoms with E-state index < -0.39 is 54.8 Å². The molecule has 2 N–H and O–H groups in total. The Labute approximate surface area is 332 Å². The third-order valence-corrected chi connectivity index (χ3v) is 10.1. The van der Waals surface area contributed by atoms with Crippen LogP contribution in [-0.4, -0.2) is 80.0 Å². The molecule has 4 aromatic rings. The van der Waals surface area contributed by atoms with Gasteiger partial charge in [-0.05, 0) is 90.1 Å². The number of aromatic nitrogens is 4. The van der Waals surface area contributed by atoms with Gasteiger partial charge < -0.3 is 29.2 Å². The van der Waals surface area contributed by atoms with Crippen molar-refractivity contribution in [1.29, 1.82) is 0 Å². The van der Waals surface area contributed by atoms with E-state index in [1.54, 1.807) is 17.8 Å². The van der Waals surface area contributed by atoms with Gasteiger partial charge in [-0.2, -0.15) is 63.5 Å². The molecule has 0 saturated carbocycles. The summed E-state index contributed by atoms with van der Waals surface area (Å²) in [6, 6.07) is 8.39. The number of fused-ring (bicyclic) bond motifs is 2. The lowest BCUT2D eigenvalue weighted by atomic mass is 9.78. The molecule has 7 rings (SSSR count). The van der Waals surface area contributed by atoms with E-state index in [4.69, 9.17) is 9.31 Å². The second kappa shape index (κ2) is 15.8. The molecule has 5 heterocycles. The van der Waals surface area contributed by atoms with Crippen molar-refractivity contribution in [2.75, 3.05) is 22.9 Å². The Bertz CT molecular complexity index is 2030. The average Bonchev–Trinajstić information content (AvgIpc) is 3.79. The molecule has 3 aliphatic heterocycles. The van der Waals surface area contributed by atoms with Crippen LogP contribution >= 0.6 is 27.0 Å². The molecule has 2 atom stereocenters. The Morgan fingerprint density at radius 3 is 1.46 bits per heavy atom. The lowest BCUT2D eigenvalue weighted by Crippen LogP contribution is -2.47. The molecule has 0 bridgehead atoms. The van der Waals surface area contributed by atoms with Gasteiger partial charge in [0.25, 0.3) is 11.8 Å². The molecule has 1 fully saturated rings. The summed E-state index contributed by atoms with van der Waals surface area (Å²) in [7, 11) is -2.63. The summed E-state index contributed by atoms with van der Waals surface area (Å²) in [5.74, 6) is -0.900. The highest BCUT2D eigenvalue weighted by atomic mass is 32.1. The smallest absolute Gasteiger partial charge is 0.423 e. The van der Waals surface area contributed by atoms with Crippen molar-refractivity contribution in [3.05, 3.63) is 83.4 Å². The van der Waals surface area contributed by atoms with Crippen molar-refractivity contribution in [3.8, 4) is 0 Å². The Balaban J connectivity index is 0.000000246. The quantitative estimate of drug-likeness (QED) is 0.228. The molecule has 302 valence electrons. The van der Waals surface area contributed by atoms with Crippen LogP contribution in [-0.2, 0) is 21.7 Å².